The first-order chi connectivity index (χ1) is 5.42. The molecule has 2 heteroatoms. The van der Waals surface area contributed by atoms with E-state index in [0.717, 1.165) is 12.5 Å². The van der Waals surface area contributed by atoms with E-state index in [9.17, 15) is 0 Å². The summed E-state index contributed by atoms with van der Waals surface area (Å²) in [5, 5.41) is 8.82. The summed E-state index contributed by atoms with van der Waals surface area (Å²) in [6.07, 6.45) is 6.47. The lowest BCUT2D eigenvalue weighted by atomic mass is 10.1. The van der Waals surface area contributed by atoms with Crippen LogP contribution in [0.1, 0.15) is 32.1 Å². The van der Waals surface area contributed by atoms with Crippen LogP contribution in [0.25, 0.3) is 0 Å². The van der Waals surface area contributed by atoms with Gasteiger partial charge in [0.25, 0.3) is 0 Å². The fourth-order valence-electron chi connectivity index (χ4n) is 2.20. The lowest BCUT2D eigenvalue weighted by Gasteiger charge is -2.23. The zero-order valence-corrected chi connectivity index (χ0v) is 7.00. The van der Waals surface area contributed by atoms with Crippen molar-refractivity contribution in [3.05, 3.63) is 0 Å². The molecule has 0 amide bonds. The fourth-order valence-corrected chi connectivity index (χ4v) is 2.20. The Balaban J connectivity index is 1.85. The second-order valence-corrected chi connectivity index (χ2v) is 3.78. The van der Waals surface area contributed by atoms with Gasteiger partial charge in [-0.1, -0.05) is 0 Å². The lowest BCUT2D eigenvalue weighted by Crippen LogP contribution is -2.31. The maximum absolute atomic E-state index is 8.82. The van der Waals surface area contributed by atoms with E-state index in [-0.39, 0.29) is 0 Å². The predicted molar refractivity (Wildman–Crippen MR) is 44.5 cm³/mol. The summed E-state index contributed by atoms with van der Waals surface area (Å²) >= 11 is 0. The third-order valence-electron chi connectivity index (χ3n) is 2.90. The average molecular weight is 155 g/mol. The quantitative estimate of drug-likeness (QED) is 0.657. The van der Waals surface area contributed by atoms with Gasteiger partial charge in [0.2, 0.25) is 0 Å². The van der Waals surface area contributed by atoms with E-state index in [1.807, 2.05) is 0 Å². The Kier molecular flexibility index (Phi) is 2.14. The van der Waals surface area contributed by atoms with Crippen molar-refractivity contribution in [2.75, 3.05) is 13.2 Å². The van der Waals surface area contributed by atoms with E-state index in [0.29, 0.717) is 12.6 Å². The van der Waals surface area contributed by atoms with E-state index in [2.05, 4.69) is 4.90 Å². The second kappa shape index (κ2) is 3.11. The van der Waals surface area contributed by atoms with Crippen LogP contribution in [0.5, 0.6) is 0 Å². The molecule has 0 spiro atoms. The standard InChI is InChI=1S/C9H17NO/c11-7-5-8-2-1-6-10(8)9-3-4-9/h8-9,11H,1-7H2. The molecule has 0 aromatic carbocycles. The molecule has 0 radical (unpaired) electrons. The zero-order valence-electron chi connectivity index (χ0n) is 7.00. The van der Waals surface area contributed by atoms with Crippen LogP contribution in [0.4, 0.5) is 0 Å². The van der Waals surface area contributed by atoms with Crippen molar-refractivity contribution in [2.24, 2.45) is 0 Å². The van der Waals surface area contributed by atoms with Gasteiger partial charge in [-0.15, -0.1) is 0 Å². The second-order valence-electron chi connectivity index (χ2n) is 3.78. The maximum Gasteiger partial charge on any atom is 0.0445 e. The Morgan fingerprint density at radius 3 is 2.73 bits per heavy atom. The first-order valence-electron chi connectivity index (χ1n) is 4.78. The molecule has 1 unspecified atom stereocenters. The molecule has 1 aliphatic carbocycles. The Hall–Kier alpha value is -0.0800. The number of rotatable bonds is 3. The molecule has 1 aliphatic heterocycles. The summed E-state index contributed by atoms with van der Waals surface area (Å²) in [5.74, 6) is 0. The van der Waals surface area contributed by atoms with Gasteiger partial charge in [0.1, 0.15) is 0 Å². The van der Waals surface area contributed by atoms with E-state index < -0.39 is 0 Å². The summed E-state index contributed by atoms with van der Waals surface area (Å²) in [5.41, 5.74) is 0. The van der Waals surface area contributed by atoms with Gasteiger partial charge in [-0.25, -0.2) is 0 Å². The summed E-state index contributed by atoms with van der Waals surface area (Å²) in [7, 11) is 0. The van der Waals surface area contributed by atoms with Crippen molar-refractivity contribution in [3.8, 4) is 0 Å². The van der Waals surface area contributed by atoms with Crippen molar-refractivity contribution in [2.45, 2.75) is 44.2 Å². The van der Waals surface area contributed by atoms with Crippen LogP contribution >= 0.6 is 0 Å². The number of aliphatic hydroxyl groups is 1. The van der Waals surface area contributed by atoms with Crippen molar-refractivity contribution >= 4 is 0 Å². The lowest BCUT2D eigenvalue weighted by molar-refractivity contribution is 0.189. The van der Waals surface area contributed by atoms with Gasteiger partial charge in [0.05, 0.1) is 0 Å². The van der Waals surface area contributed by atoms with Crippen LogP contribution in [-0.2, 0) is 0 Å². The molecule has 1 atom stereocenters. The van der Waals surface area contributed by atoms with E-state index >= 15 is 0 Å². The molecule has 2 nitrogen and oxygen atoms in total. The third kappa shape index (κ3) is 1.57. The van der Waals surface area contributed by atoms with Crippen LogP contribution in [-0.4, -0.2) is 35.2 Å². The van der Waals surface area contributed by atoms with E-state index in [1.165, 1.54) is 32.2 Å². The van der Waals surface area contributed by atoms with Gasteiger partial charge in [-0.3, -0.25) is 4.90 Å². The molecule has 2 aliphatic rings. The minimum atomic E-state index is 0.369. The normalized spacial score (nSPS) is 33.0. The molecule has 1 heterocycles. The van der Waals surface area contributed by atoms with Crippen molar-refractivity contribution in [1.82, 2.24) is 4.90 Å². The first kappa shape index (κ1) is 7.56. The molecule has 0 aromatic rings. The number of aliphatic hydroxyl groups excluding tert-OH is 1. The zero-order chi connectivity index (χ0) is 7.68. The van der Waals surface area contributed by atoms with E-state index in [4.69, 9.17) is 5.11 Å². The number of nitrogens with zero attached hydrogens (tertiary/aromatic N) is 1. The molecular formula is C9H17NO. The van der Waals surface area contributed by atoms with Crippen LogP contribution in [0, 0.1) is 0 Å². The first-order valence-corrected chi connectivity index (χ1v) is 4.78. The topological polar surface area (TPSA) is 23.5 Å². The summed E-state index contributed by atoms with van der Waals surface area (Å²) in [4.78, 5) is 2.61. The van der Waals surface area contributed by atoms with Crippen molar-refractivity contribution < 1.29 is 5.11 Å². The Labute approximate surface area is 68.2 Å². The van der Waals surface area contributed by atoms with Crippen LogP contribution in [0.3, 0.4) is 0 Å². The number of likely N-dealkylation sites (tertiary alicyclic amines) is 1. The summed E-state index contributed by atoms with van der Waals surface area (Å²) < 4.78 is 0. The van der Waals surface area contributed by atoms with Gasteiger partial charge in [0.15, 0.2) is 0 Å². The molecule has 2 rings (SSSR count). The monoisotopic (exact) mass is 155 g/mol. The molecule has 0 bridgehead atoms. The molecule has 0 aromatic heterocycles. The summed E-state index contributed by atoms with van der Waals surface area (Å²) in [6.45, 7) is 1.66. The molecular weight excluding hydrogens is 138 g/mol. The van der Waals surface area contributed by atoms with Crippen molar-refractivity contribution in [1.29, 1.82) is 0 Å². The number of hydrogen-bond donors (Lipinski definition) is 1. The Morgan fingerprint density at radius 2 is 2.09 bits per heavy atom. The van der Waals surface area contributed by atoms with Gasteiger partial charge in [-0.05, 0) is 38.6 Å². The minimum absolute atomic E-state index is 0.369. The molecule has 1 N–H and O–H groups in total. The Morgan fingerprint density at radius 1 is 1.27 bits per heavy atom. The molecule has 64 valence electrons. The van der Waals surface area contributed by atoms with Crippen LogP contribution in [0.15, 0.2) is 0 Å². The molecule has 2 fully saturated rings. The van der Waals surface area contributed by atoms with E-state index in [1.54, 1.807) is 0 Å². The largest absolute Gasteiger partial charge is 0.396 e. The highest BCUT2D eigenvalue weighted by molar-refractivity contribution is 4.91. The van der Waals surface area contributed by atoms with Gasteiger partial charge in [-0.2, -0.15) is 0 Å². The summed E-state index contributed by atoms with van der Waals surface area (Å²) in [6, 6.07) is 1.61. The molecule has 11 heavy (non-hydrogen) atoms. The molecule has 1 saturated carbocycles. The minimum Gasteiger partial charge on any atom is -0.396 e. The van der Waals surface area contributed by atoms with Crippen LogP contribution in [0.2, 0.25) is 0 Å². The van der Waals surface area contributed by atoms with Gasteiger partial charge < -0.3 is 5.11 Å². The maximum atomic E-state index is 8.82. The third-order valence-corrected chi connectivity index (χ3v) is 2.90. The van der Waals surface area contributed by atoms with Gasteiger partial charge >= 0.3 is 0 Å². The van der Waals surface area contributed by atoms with Gasteiger partial charge in [0, 0.05) is 18.7 Å². The smallest absolute Gasteiger partial charge is 0.0445 e. The molecule has 1 saturated heterocycles. The highest BCUT2D eigenvalue weighted by atomic mass is 16.3. The fraction of sp³-hybridized carbons (Fsp3) is 1.00. The highest BCUT2D eigenvalue weighted by Gasteiger charge is 2.35. The SMILES string of the molecule is OCCC1CCCN1C1CC1. The number of hydrogen-bond acceptors (Lipinski definition) is 2. The van der Waals surface area contributed by atoms with Crippen LogP contribution < -0.4 is 0 Å². The average Bonchev–Trinajstić information content (AvgIpc) is 2.75. The predicted octanol–water partition coefficient (Wildman–Crippen LogP) is 0.996. The Bertz CT molecular complexity index is 134. The van der Waals surface area contributed by atoms with Crippen molar-refractivity contribution in [3.63, 3.8) is 0 Å². The highest BCUT2D eigenvalue weighted by Crippen LogP contribution is 2.34.